The zero-order valence-corrected chi connectivity index (χ0v) is 7.67. The van der Waals surface area contributed by atoms with E-state index in [2.05, 4.69) is 0 Å². The number of aromatic hydroxyl groups is 1. The van der Waals surface area contributed by atoms with Crippen LogP contribution >= 0.6 is 11.6 Å². The predicted octanol–water partition coefficient (Wildman–Crippen LogP) is 1.94. The van der Waals surface area contributed by atoms with Gasteiger partial charge in [0.1, 0.15) is 5.75 Å². The molecule has 1 rings (SSSR count). The first-order valence-corrected chi connectivity index (χ1v) is 4.20. The van der Waals surface area contributed by atoms with Crippen molar-refractivity contribution in [1.82, 2.24) is 0 Å². The molecule has 0 saturated heterocycles. The summed E-state index contributed by atoms with van der Waals surface area (Å²) in [4.78, 5) is 0. The molecule has 0 aliphatic carbocycles. The van der Waals surface area contributed by atoms with Gasteiger partial charge in [-0.05, 0) is 31.0 Å². The molecule has 0 saturated carbocycles. The third-order valence-electron chi connectivity index (χ3n) is 1.57. The molecule has 66 valence electrons. The van der Waals surface area contributed by atoms with Crippen molar-refractivity contribution in [2.45, 2.75) is 19.4 Å². The van der Waals surface area contributed by atoms with Crippen LogP contribution in [0.25, 0.3) is 0 Å². The zero-order chi connectivity index (χ0) is 9.14. The second-order valence-corrected chi connectivity index (χ2v) is 3.37. The van der Waals surface area contributed by atoms with E-state index in [9.17, 15) is 0 Å². The largest absolute Gasteiger partial charge is 0.506 e. The molecule has 0 aliphatic heterocycles. The highest BCUT2D eigenvalue weighted by molar-refractivity contribution is 6.32. The molecular weight excluding hydrogens is 174 g/mol. The van der Waals surface area contributed by atoms with Gasteiger partial charge in [0.2, 0.25) is 0 Å². The Labute approximate surface area is 77.0 Å². The van der Waals surface area contributed by atoms with Crippen LogP contribution in [0.1, 0.15) is 12.5 Å². The smallest absolute Gasteiger partial charge is 0.134 e. The first-order chi connectivity index (χ1) is 5.59. The molecule has 0 heterocycles. The Balaban J connectivity index is 2.82. The number of halogens is 1. The molecule has 0 bridgehead atoms. The van der Waals surface area contributed by atoms with Crippen molar-refractivity contribution in [2.75, 3.05) is 0 Å². The van der Waals surface area contributed by atoms with Gasteiger partial charge in [-0.1, -0.05) is 17.7 Å². The van der Waals surface area contributed by atoms with Crippen LogP contribution in [0.15, 0.2) is 18.2 Å². The molecule has 0 spiro atoms. The van der Waals surface area contributed by atoms with Crippen molar-refractivity contribution in [3.63, 3.8) is 0 Å². The Morgan fingerprint density at radius 2 is 2.25 bits per heavy atom. The van der Waals surface area contributed by atoms with E-state index in [4.69, 9.17) is 22.4 Å². The average Bonchev–Trinajstić information content (AvgIpc) is 1.96. The lowest BCUT2D eigenvalue weighted by Crippen LogP contribution is -2.17. The zero-order valence-electron chi connectivity index (χ0n) is 6.92. The number of benzene rings is 1. The van der Waals surface area contributed by atoms with Crippen molar-refractivity contribution in [1.29, 1.82) is 0 Å². The van der Waals surface area contributed by atoms with Gasteiger partial charge in [0, 0.05) is 6.04 Å². The van der Waals surface area contributed by atoms with Crippen molar-refractivity contribution >= 4 is 11.6 Å². The highest BCUT2D eigenvalue weighted by Gasteiger charge is 2.01. The summed E-state index contributed by atoms with van der Waals surface area (Å²) in [5.74, 6) is 0.116. The summed E-state index contributed by atoms with van der Waals surface area (Å²) in [6.45, 7) is 1.93. The van der Waals surface area contributed by atoms with E-state index in [0.717, 1.165) is 12.0 Å². The minimum Gasteiger partial charge on any atom is -0.506 e. The van der Waals surface area contributed by atoms with Crippen molar-refractivity contribution < 1.29 is 5.11 Å². The van der Waals surface area contributed by atoms with Crippen LogP contribution in [-0.2, 0) is 6.42 Å². The molecule has 0 aliphatic rings. The van der Waals surface area contributed by atoms with Crippen molar-refractivity contribution in [2.24, 2.45) is 5.73 Å². The van der Waals surface area contributed by atoms with Crippen LogP contribution in [0.3, 0.4) is 0 Å². The monoisotopic (exact) mass is 185 g/mol. The summed E-state index contributed by atoms with van der Waals surface area (Å²) in [6.07, 6.45) is 0.778. The number of phenolic OH excluding ortho intramolecular Hbond substituents is 1. The lowest BCUT2D eigenvalue weighted by atomic mass is 10.1. The lowest BCUT2D eigenvalue weighted by Gasteiger charge is -2.05. The Morgan fingerprint density at radius 3 is 2.75 bits per heavy atom. The molecule has 1 unspecified atom stereocenters. The molecule has 2 nitrogen and oxygen atoms in total. The maximum absolute atomic E-state index is 9.11. The molecular formula is C9H12ClNO. The maximum Gasteiger partial charge on any atom is 0.134 e. The molecule has 0 amide bonds. The lowest BCUT2D eigenvalue weighted by molar-refractivity contribution is 0.475. The number of hydrogen-bond donors (Lipinski definition) is 2. The minimum atomic E-state index is 0.116. The second-order valence-electron chi connectivity index (χ2n) is 2.97. The van der Waals surface area contributed by atoms with Crippen LogP contribution in [0.4, 0.5) is 0 Å². The van der Waals surface area contributed by atoms with Gasteiger partial charge in [-0.25, -0.2) is 0 Å². The molecule has 0 aromatic heterocycles. The van der Waals surface area contributed by atoms with E-state index in [1.165, 1.54) is 0 Å². The highest BCUT2D eigenvalue weighted by Crippen LogP contribution is 2.23. The molecule has 3 N–H and O–H groups in total. The first kappa shape index (κ1) is 9.36. The fourth-order valence-electron chi connectivity index (χ4n) is 1.05. The van der Waals surface area contributed by atoms with E-state index >= 15 is 0 Å². The van der Waals surface area contributed by atoms with Crippen LogP contribution in [0.5, 0.6) is 5.75 Å². The van der Waals surface area contributed by atoms with E-state index in [1.807, 2.05) is 13.0 Å². The topological polar surface area (TPSA) is 46.2 Å². The fraction of sp³-hybridized carbons (Fsp3) is 0.333. The summed E-state index contributed by atoms with van der Waals surface area (Å²) in [6, 6.07) is 5.26. The predicted molar refractivity (Wildman–Crippen MR) is 50.5 cm³/mol. The quantitative estimate of drug-likeness (QED) is 0.740. The van der Waals surface area contributed by atoms with Gasteiger partial charge >= 0.3 is 0 Å². The third-order valence-corrected chi connectivity index (χ3v) is 1.87. The molecule has 1 aromatic rings. The van der Waals surface area contributed by atoms with Gasteiger partial charge < -0.3 is 10.8 Å². The van der Waals surface area contributed by atoms with Crippen molar-refractivity contribution in [3.8, 4) is 5.75 Å². The standard InChI is InChI=1S/C9H12ClNO/c1-6(11)4-7-2-3-9(12)8(10)5-7/h2-3,5-6,12H,4,11H2,1H3. The molecule has 1 aromatic carbocycles. The van der Waals surface area contributed by atoms with Gasteiger partial charge in [-0.2, -0.15) is 0 Å². The van der Waals surface area contributed by atoms with Crippen LogP contribution in [0.2, 0.25) is 5.02 Å². The molecule has 0 fully saturated rings. The van der Waals surface area contributed by atoms with Crippen LogP contribution in [-0.4, -0.2) is 11.1 Å². The molecule has 1 atom stereocenters. The van der Waals surface area contributed by atoms with E-state index in [0.29, 0.717) is 5.02 Å². The van der Waals surface area contributed by atoms with Gasteiger partial charge in [0.25, 0.3) is 0 Å². The van der Waals surface area contributed by atoms with Crippen molar-refractivity contribution in [3.05, 3.63) is 28.8 Å². The minimum absolute atomic E-state index is 0.116. The highest BCUT2D eigenvalue weighted by atomic mass is 35.5. The van der Waals surface area contributed by atoms with Gasteiger partial charge in [-0.3, -0.25) is 0 Å². The summed E-state index contributed by atoms with van der Waals surface area (Å²) >= 11 is 5.71. The Hall–Kier alpha value is -0.730. The SMILES string of the molecule is CC(N)Cc1ccc(O)c(Cl)c1. The van der Waals surface area contributed by atoms with Crippen LogP contribution < -0.4 is 5.73 Å². The second kappa shape index (κ2) is 3.78. The van der Waals surface area contributed by atoms with Gasteiger partial charge in [0.15, 0.2) is 0 Å². The van der Waals surface area contributed by atoms with E-state index < -0.39 is 0 Å². The number of nitrogens with two attached hydrogens (primary N) is 1. The average molecular weight is 186 g/mol. The first-order valence-electron chi connectivity index (χ1n) is 3.82. The molecule has 12 heavy (non-hydrogen) atoms. The summed E-state index contributed by atoms with van der Waals surface area (Å²) < 4.78 is 0. The number of hydrogen-bond acceptors (Lipinski definition) is 2. The van der Waals surface area contributed by atoms with Crippen LogP contribution in [0, 0.1) is 0 Å². The maximum atomic E-state index is 9.11. The van der Waals surface area contributed by atoms with Gasteiger partial charge in [0.05, 0.1) is 5.02 Å². The number of phenols is 1. The summed E-state index contributed by atoms with van der Waals surface area (Å²) in [5, 5.41) is 9.50. The Kier molecular flexibility index (Phi) is 2.95. The van der Waals surface area contributed by atoms with E-state index in [-0.39, 0.29) is 11.8 Å². The fourth-order valence-corrected chi connectivity index (χ4v) is 1.25. The normalized spacial score (nSPS) is 12.9. The number of rotatable bonds is 2. The Bertz CT molecular complexity index is 273. The van der Waals surface area contributed by atoms with E-state index in [1.54, 1.807) is 12.1 Å². The van der Waals surface area contributed by atoms with Gasteiger partial charge in [-0.15, -0.1) is 0 Å². The third kappa shape index (κ3) is 2.40. The molecule has 3 heteroatoms. The summed E-state index contributed by atoms with van der Waals surface area (Å²) in [5.41, 5.74) is 6.66. The summed E-state index contributed by atoms with van der Waals surface area (Å²) in [7, 11) is 0. The Morgan fingerprint density at radius 1 is 1.58 bits per heavy atom. The molecule has 0 radical (unpaired) electrons.